The Hall–Kier alpha value is -1.18. The molecule has 0 N–H and O–H groups in total. The third-order valence-electron chi connectivity index (χ3n) is 5.10. The van der Waals surface area contributed by atoms with E-state index in [1.54, 1.807) is 5.06 Å². The van der Waals surface area contributed by atoms with Crippen molar-refractivity contribution < 1.29 is 19.2 Å². The highest BCUT2D eigenvalue weighted by molar-refractivity contribution is 5.75. The molecule has 2 heterocycles. The summed E-state index contributed by atoms with van der Waals surface area (Å²) in [5.41, 5.74) is -0.465. The van der Waals surface area contributed by atoms with Crippen LogP contribution in [0, 0.1) is 11.3 Å². The van der Waals surface area contributed by atoms with E-state index < -0.39 is 5.41 Å². The lowest BCUT2D eigenvalue weighted by Crippen LogP contribution is -2.50. The maximum absolute atomic E-state index is 11.9. The average Bonchev–Trinajstić information content (AvgIpc) is 2.61. The standard InChI is InChI=1S/C19H35N3O4/c1-5-25-17(23)16-6-8-20(9-7-16)10-11-21-12-14-22(15-13-21)26-18(24)19(2,3)4/h16H,5-15H2,1-4H3. The van der Waals surface area contributed by atoms with Crippen LogP contribution in [0.1, 0.15) is 40.5 Å². The summed E-state index contributed by atoms with van der Waals surface area (Å²) in [5, 5.41) is 1.79. The van der Waals surface area contributed by atoms with Crippen molar-refractivity contribution in [1.82, 2.24) is 14.9 Å². The number of carbonyl (C=O) groups is 2. The van der Waals surface area contributed by atoms with Gasteiger partial charge in [-0.25, -0.2) is 4.79 Å². The highest BCUT2D eigenvalue weighted by Gasteiger charge is 2.29. The number of carbonyl (C=O) groups excluding carboxylic acids is 2. The van der Waals surface area contributed by atoms with E-state index in [9.17, 15) is 9.59 Å². The fraction of sp³-hybridized carbons (Fsp3) is 0.895. The van der Waals surface area contributed by atoms with E-state index in [2.05, 4.69) is 9.80 Å². The molecule has 150 valence electrons. The lowest BCUT2D eigenvalue weighted by atomic mass is 9.97. The average molecular weight is 370 g/mol. The van der Waals surface area contributed by atoms with Gasteiger partial charge in [0.15, 0.2) is 0 Å². The monoisotopic (exact) mass is 369 g/mol. The molecule has 0 saturated carbocycles. The number of esters is 1. The first-order valence-corrected chi connectivity index (χ1v) is 9.88. The lowest BCUT2D eigenvalue weighted by molar-refractivity contribution is -0.206. The van der Waals surface area contributed by atoms with Crippen LogP contribution in [0.3, 0.4) is 0 Å². The molecule has 0 aliphatic carbocycles. The Morgan fingerprint density at radius 3 is 1.96 bits per heavy atom. The minimum absolute atomic E-state index is 0.0342. The van der Waals surface area contributed by atoms with Gasteiger partial charge < -0.3 is 14.5 Å². The van der Waals surface area contributed by atoms with E-state index in [4.69, 9.17) is 9.57 Å². The number of piperidine rings is 1. The molecule has 26 heavy (non-hydrogen) atoms. The van der Waals surface area contributed by atoms with Crippen molar-refractivity contribution in [2.45, 2.75) is 40.5 Å². The minimum Gasteiger partial charge on any atom is -0.466 e. The summed E-state index contributed by atoms with van der Waals surface area (Å²) in [6.45, 7) is 15.3. The molecule has 0 amide bonds. The summed E-state index contributed by atoms with van der Waals surface area (Å²) in [6.07, 6.45) is 1.80. The summed E-state index contributed by atoms with van der Waals surface area (Å²) >= 11 is 0. The van der Waals surface area contributed by atoms with Crippen LogP contribution in [0.5, 0.6) is 0 Å². The summed E-state index contributed by atoms with van der Waals surface area (Å²) in [7, 11) is 0. The SMILES string of the molecule is CCOC(=O)C1CCN(CCN2CCN(OC(=O)C(C)(C)C)CC2)CC1. The molecule has 0 spiro atoms. The van der Waals surface area contributed by atoms with Gasteiger partial charge >= 0.3 is 11.9 Å². The Bertz CT molecular complexity index is 462. The van der Waals surface area contributed by atoms with E-state index in [0.717, 1.165) is 65.2 Å². The van der Waals surface area contributed by atoms with Crippen molar-refractivity contribution in [3.8, 4) is 0 Å². The number of piperazine rings is 1. The van der Waals surface area contributed by atoms with Gasteiger partial charge in [0.25, 0.3) is 0 Å². The third kappa shape index (κ3) is 6.52. The Labute approximate surface area is 157 Å². The van der Waals surface area contributed by atoms with Crippen molar-refractivity contribution >= 4 is 11.9 Å². The second-order valence-electron chi connectivity index (χ2n) is 8.27. The van der Waals surface area contributed by atoms with Crippen LogP contribution in [0.2, 0.25) is 0 Å². The maximum atomic E-state index is 11.9. The van der Waals surface area contributed by atoms with Crippen LogP contribution in [-0.2, 0) is 19.2 Å². The second-order valence-corrected chi connectivity index (χ2v) is 8.27. The van der Waals surface area contributed by atoms with Gasteiger partial charge in [-0.1, -0.05) is 0 Å². The molecule has 0 radical (unpaired) electrons. The van der Waals surface area contributed by atoms with E-state index in [1.807, 2.05) is 27.7 Å². The fourth-order valence-electron chi connectivity index (χ4n) is 3.23. The van der Waals surface area contributed by atoms with Gasteiger partial charge in [-0.05, 0) is 53.6 Å². The predicted molar refractivity (Wildman–Crippen MR) is 99.4 cm³/mol. The van der Waals surface area contributed by atoms with Gasteiger partial charge in [-0.15, -0.1) is 5.06 Å². The van der Waals surface area contributed by atoms with Crippen molar-refractivity contribution in [1.29, 1.82) is 0 Å². The van der Waals surface area contributed by atoms with Crippen LogP contribution in [0.4, 0.5) is 0 Å². The van der Waals surface area contributed by atoms with Crippen LogP contribution in [-0.4, -0.2) is 85.8 Å². The van der Waals surface area contributed by atoms with Crippen LogP contribution >= 0.6 is 0 Å². The Morgan fingerprint density at radius 2 is 1.46 bits per heavy atom. The molecule has 0 aromatic carbocycles. The van der Waals surface area contributed by atoms with Gasteiger partial charge in [0, 0.05) is 39.3 Å². The Kier molecular flexibility index (Phi) is 7.85. The van der Waals surface area contributed by atoms with Gasteiger partial charge in [-0.2, -0.15) is 0 Å². The number of nitrogens with zero attached hydrogens (tertiary/aromatic N) is 3. The topological polar surface area (TPSA) is 62.3 Å². The maximum Gasteiger partial charge on any atom is 0.330 e. The highest BCUT2D eigenvalue weighted by atomic mass is 16.7. The zero-order chi connectivity index (χ0) is 19.2. The first-order valence-electron chi connectivity index (χ1n) is 9.88. The Morgan fingerprint density at radius 1 is 0.923 bits per heavy atom. The normalized spacial score (nSPS) is 21.5. The number of hydrogen-bond donors (Lipinski definition) is 0. The number of ether oxygens (including phenoxy) is 1. The molecule has 0 atom stereocenters. The summed E-state index contributed by atoms with van der Waals surface area (Å²) in [4.78, 5) is 34.0. The molecule has 2 aliphatic heterocycles. The second kappa shape index (κ2) is 9.67. The predicted octanol–water partition coefficient (Wildman–Crippen LogP) is 1.38. The number of hydrogen-bond acceptors (Lipinski definition) is 7. The molecule has 0 aromatic heterocycles. The van der Waals surface area contributed by atoms with Crippen molar-refractivity contribution in [3.63, 3.8) is 0 Å². The smallest absolute Gasteiger partial charge is 0.330 e. The number of rotatable bonds is 6. The first-order chi connectivity index (χ1) is 12.3. The molecule has 7 nitrogen and oxygen atoms in total. The molecule has 0 aromatic rings. The van der Waals surface area contributed by atoms with Gasteiger partial charge in [-0.3, -0.25) is 9.69 Å². The van der Waals surface area contributed by atoms with E-state index in [1.165, 1.54) is 0 Å². The van der Waals surface area contributed by atoms with E-state index in [0.29, 0.717) is 6.61 Å². The molecular formula is C19H35N3O4. The highest BCUT2D eigenvalue weighted by Crippen LogP contribution is 2.19. The fourth-order valence-corrected chi connectivity index (χ4v) is 3.23. The van der Waals surface area contributed by atoms with E-state index >= 15 is 0 Å². The number of hydroxylamine groups is 2. The molecule has 7 heteroatoms. The molecule has 0 unspecified atom stereocenters. The summed E-state index contributed by atoms with van der Waals surface area (Å²) < 4.78 is 5.12. The largest absolute Gasteiger partial charge is 0.466 e. The lowest BCUT2D eigenvalue weighted by Gasteiger charge is -2.36. The third-order valence-corrected chi connectivity index (χ3v) is 5.10. The van der Waals surface area contributed by atoms with Crippen LogP contribution in [0.15, 0.2) is 0 Å². The van der Waals surface area contributed by atoms with Crippen molar-refractivity contribution in [2.75, 3.05) is 59.0 Å². The van der Waals surface area contributed by atoms with Gasteiger partial charge in [0.1, 0.15) is 0 Å². The van der Waals surface area contributed by atoms with Gasteiger partial charge in [0.2, 0.25) is 0 Å². The molecular weight excluding hydrogens is 334 g/mol. The van der Waals surface area contributed by atoms with Crippen molar-refractivity contribution in [3.05, 3.63) is 0 Å². The molecule has 2 saturated heterocycles. The molecule has 2 fully saturated rings. The summed E-state index contributed by atoms with van der Waals surface area (Å²) in [5.74, 6) is -0.129. The van der Waals surface area contributed by atoms with Crippen LogP contribution in [0.25, 0.3) is 0 Å². The zero-order valence-electron chi connectivity index (χ0n) is 16.8. The van der Waals surface area contributed by atoms with Crippen molar-refractivity contribution in [2.24, 2.45) is 11.3 Å². The molecule has 2 aliphatic rings. The Balaban J connectivity index is 1.61. The molecule has 0 bridgehead atoms. The van der Waals surface area contributed by atoms with Gasteiger partial charge in [0.05, 0.1) is 17.9 Å². The van der Waals surface area contributed by atoms with Crippen LogP contribution < -0.4 is 0 Å². The number of likely N-dealkylation sites (tertiary alicyclic amines) is 1. The minimum atomic E-state index is -0.465. The first kappa shape index (κ1) is 21.1. The quantitative estimate of drug-likeness (QED) is 0.656. The molecule has 2 rings (SSSR count). The van der Waals surface area contributed by atoms with E-state index in [-0.39, 0.29) is 17.9 Å². The zero-order valence-corrected chi connectivity index (χ0v) is 16.8. The summed E-state index contributed by atoms with van der Waals surface area (Å²) in [6, 6.07) is 0.